The highest BCUT2D eigenvalue weighted by atomic mass is 35.5. The standard InChI is InChI=1S/C11H22ClNO3/c1-11(2,3)16-9-10(14)13(6-5-12)7-8-15-4/h5-9H2,1-4H3. The lowest BCUT2D eigenvalue weighted by atomic mass is 10.2. The highest BCUT2D eigenvalue weighted by Gasteiger charge is 2.17. The molecule has 0 spiro atoms. The number of carbonyl (C=O) groups is 1. The van der Waals surface area contributed by atoms with Crippen LogP contribution in [-0.4, -0.2) is 55.7 Å². The van der Waals surface area contributed by atoms with Gasteiger partial charge in [-0.1, -0.05) is 0 Å². The monoisotopic (exact) mass is 251 g/mol. The average Bonchev–Trinajstić information content (AvgIpc) is 2.19. The molecule has 5 heteroatoms. The van der Waals surface area contributed by atoms with E-state index in [2.05, 4.69) is 0 Å². The summed E-state index contributed by atoms with van der Waals surface area (Å²) in [6.45, 7) is 7.43. The normalized spacial score (nSPS) is 11.6. The third-order valence-corrected chi connectivity index (χ3v) is 2.07. The van der Waals surface area contributed by atoms with Gasteiger partial charge in [0.15, 0.2) is 0 Å². The number of nitrogens with zero attached hydrogens (tertiary/aromatic N) is 1. The van der Waals surface area contributed by atoms with Crippen molar-refractivity contribution >= 4 is 17.5 Å². The molecule has 0 aromatic rings. The number of hydrogen-bond acceptors (Lipinski definition) is 3. The molecule has 0 aliphatic carbocycles. The predicted octanol–water partition coefficient (Wildman–Crippen LogP) is 1.52. The molecule has 0 atom stereocenters. The van der Waals surface area contributed by atoms with Gasteiger partial charge in [0.2, 0.25) is 5.91 Å². The van der Waals surface area contributed by atoms with E-state index in [1.54, 1.807) is 12.0 Å². The minimum absolute atomic E-state index is 0.0485. The van der Waals surface area contributed by atoms with Crippen LogP contribution in [0.3, 0.4) is 0 Å². The highest BCUT2D eigenvalue weighted by Crippen LogP contribution is 2.06. The van der Waals surface area contributed by atoms with Crippen molar-refractivity contribution in [2.75, 3.05) is 39.3 Å². The molecule has 0 bridgehead atoms. The second-order valence-electron chi connectivity index (χ2n) is 4.46. The van der Waals surface area contributed by atoms with E-state index in [1.807, 2.05) is 20.8 Å². The van der Waals surface area contributed by atoms with Gasteiger partial charge >= 0.3 is 0 Å². The fourth-order valence-electron chi connectivity index (χ4n) is 1.03. The quantitative estimate of drug-likeness (QED) is 0.644. The molecule has 1 amide bonds. The molecule has 0 aromatic heterocycles. The summed E-state index contributed by atoms with van der Waals surface area (Å²) in [6.07, 6.45) is 0. The summed E-state index contributed by atoms with van der Waals surface area (Å²) in [5.74, 6) is 0.373. The van der Waals surface area contributed by atoms with E-state index in [9.17, 15) is 4.79 Å². The molecule has 0 rings (SSSR count). The van der Waals surface area contributed by atoms with E-state index < -0.39 is 0 Å². The van der Waals surface area contributed by atoms with Gasteiger partial charge < -0.3 is 14.4 Å². The molecule has 0 aliphatic heterocycles. The number of methoxy groups -OCH3 is 1. The summed E-state index contributed by atoms with van der Waals surface area (Å²) in [5.41, 5.74) is -0.302. The SMILES string of the molecule is COCCN(CCCl)C(=O)COC(C)(C)C. The lowest BCUT2D eigenvalue weighted by molar-refractivity contribution is -0.141. The minimum atomic E-state index is -0.302. The molecular formula is C11H22ClNO3. The lowest BCUT2D eigenvalue weighted by Gasteiger charge is -2.24. The Morgan fingerprint density at radius 2 is 1.94 bits per heavy atom. The van der Waals surface area contributed by atoms with E-state index in [-0.39, 0.29) is 18.1 Å². The van der Waals surface area contributed by atoms with Gasteiger partial charge in [0.05, 0.1) is 12.2 Å². The zero-order chi connectivity index (χ0) is 12.6. The fourth-order valence-corrected chi connectivity index (χ4v) is 1.24. The summed E-state index contributed by atoms with van der Waals surface area (Å²) >= 11 is 5.63. The van der Waals surface area contributed by atoms with Gasteiger partial charge in [-0.25, -0.2) is 0 Å². The van der Waals surface area contributed by atoms with Crippen LogP contribution in [0.5, 0.6) is 0 Å². The summed E-state index contributed by atoms with van der Waals surface area (Å²) in [4.78, 5) is 13.4. The highest BCUT2D eigenvalue weighted by molar-refractivity contribution is 6.18. The number of rotatable bonds is 7. The first kappa shape index (κ1) is 15.7. The van der Waals surface area contributed by atoms with Crippen LogP contribution in [0.4, 0.5) is 0 Å². The van der Waals surface area contributed by atoms with E-state index in [1.165, 1.54) is 0 Å². The van der Waals surface area contributed by atoms with Gasteiger partial charge in [-0.2, -0.15) is 0 Å². The lowest BCUT2D eigenvalue weighted by Crippen LogP contribution is -2.39. The van der Waals surface area contributed by atoms with Crippen molar-refractivity contribution < 1.29 is 14.3 Å². The molecule has 0 N–H and O–H groups in total. The molecule has 0 unspecified atom stereocenters. The van der Waals surface area contributed by atoms with Crippen LogP contribution in [0.1, 0.15) is 20.8 Å². The topological polar surface area (TPSA) is 38.8 Å². The van der Waals surface area contributed by atoms with Crippen molar-refractivity contribution in [1.29, 1.82) is 0 Å². The van der Waals surface area contributed by atoms with E-state index in [0.29, 0.717) is 25.6 Å². The van der Waals surface area contributed by atoms with Crippen LogP contribution < -0.4 is 0 Å². The van der Waals surface area contributed by atoms with E-state index in [0.717, 1.165) is 0 Å². The van der Waals surface area contributed by atoms with Crippen molar-refractivity contribution in [3.05, 3.63) is 0 Å². The molecule has 0 aliphatic rings. The van der Waals surface area contributed by atoms with Crippen LogP contribution in [0, 0.1) is 0 Å². The number of carbonyl (C=O) groups excluding carboxylic acids is 1. The fraction of sp³-hybridized carbons (Fsp3) is 0.909. The van der Waals surface area contributed by atoms with Crippen LogP contribution in [0.25, 0.3) is 0 Å². The van der Waals surface area contributed by atoms with Crippen molar-refractivity contribution in [3.8, 4) is 0 Å². The van der Waals surface area contributed by atoms with E-state index in [4.69, 9.17) is 21.1 Å². The molecule has 4 nitrogen and oxygen atoms in total. The smallest absolute Gasteiger partial charge is 0.248 e. The largest absolute Gasteiger partial charge is 0.383 e. The number of ether oxygens (including phenoxy) is 2. The first-order valence-electron chi connectivity index (χ1n) is 5.37. The minimum Gasteiger partial charge on any atom is -0.383 e. The maximum atomic E-state index is 11.8. The molecule has 0 radical (unpaired) electrons. The van der Waals surface area contributed by atoms with Crippen molar-refractivity contribution in [2.24, 2.45) is 0 Å². The van der Waals surface area contributed by atoms with E-state index >= 15 is 0 Å². The zero-order valence-electron chi connectivity index (χ0n) is 10.6. The summed E-state index contributed by atoms with van der Waals surface area (Å²) in [5, 5.41) is 0. The Morgan fingerprint density at radius 3 is 2.38 bits per heavy atom. The third kappa shape index (κ3) is 7.91. The second kappa shape index (κ2) is 7.87. The number of amides is 1. The van der Waals surface area contributed by atoms with Crippen molar-refractivity contribution in [2.45, 2.75) is 26.4 Å². The van der Waals surface area contributed by atoms with Gasteiger partial charge in [-0.15, -0.1) is 11.6 Å². The van der Waals surface area contributed by atoms with Gasteiger partial charge in [-0.05, 0) is 20.8 Å². The Balaban J connectivity index is 4.05. The molecule has 0 saturated heterocycles. The maximum absolute atomic E-state index is 11.8. The number of alkyl halides is 1. The average molecular weight is 252 g/mol. The van der Waals surface area contributed by atoms with Crippen LogP contribution >= 0.6 is 11.6 Å². The van der Waals surface area contributed by atoms with Crippen LogP contribution in [-0.2, 0) is 14.3 Å². The number of hydrogen-bond donors (Lipinski definition) is 0. The third-order valence-electron chi connectivity index (χ3n) is 1.90. The summed E-state index contributed by atoms with van der Waals surface area (Å²) in [7, 11) is 1.61. The maximum Gasteiger partial charge on any atom is 0.248 e. The van der Waals surface area contributed by atoms with Gasteiger partial charge in [0.1, 0.15) is 6.61 Å². The Bertz CT molecular complexity index is 204. The molecule has 16 heavy (non-hydrogen) atoms. The Kier molecular flexibility index (Phi) is 7.72. The molecule has 96 valence electrons. The number of halogens is 1. The molecule has 0 fully saturated rings. The summed E-state index contributed by atoms with van der Waals surface area (Å²) < 4.78 is 10.4. The van der Waals surface area contributed by atoms with Crippen LogP contribution in [0.15, 0.2) is 0 Å². The molecule has 0 aromatic carbocycles. The second-order valence-corrected chi connectivity index (χ2v) is 4.84. The first-order valence-corrected chi connectivity index (χ1v) is 5.91. The van der Waals surface area contributed by atoms with Gasteiger partial charge in [0.25, 0.3) is 0 Å². The molecule has 0 saturated carbocycles. The zero-order valence-corrected chi connectivity index (χ0v) is 11.3. The van der Waals surface area contributed by atoms with Crippen molar-refractivity contribution in [3.63, 3.8) is 0 Å². The Labute approximate surface area is 103 Å². The Morgan fingerprint density at radius 1 is 1.31 bits per heavy atom. The molecule has 0 heterocycles. The Hall–Kier alpha value is -0.320. The molecular weight excluding hydrogens is 230 g/mol. The van der Waals surface area contributed by atoms with Gasteiger partial charge in [-0.3, -0.25) is 4.79 Å². The first-order chi connectivity index (χ1) is 7.40. The predicted molar refractivity (Wildman–Crippen MR) is 64.9 cm³/mol. The van der Waals surface area contributed by atoms with Gasteiger partial charge in [0, 0.05) is 26.1 Å². The summed E-state index contributed by atoms with van der Waals surface area (Å²) in [6, 6.07) is 0. The van der Waals surface area contributed by atoms with Crippen LogP contribution in [0.2, 0.25) is 0 Å². The van der Waals surface area contributed by atoms with Crippen molar-refractivity contribution in [1.82, 2.24) is 4.90 Å².